The van der Waals surface area contributed by atoms with Gasteiger partial charge in [-0.15, -0.1) is 0 Å². The Morgan fingerprint density at radius 2 is 2.24 bits per heavy atom. The van der Waals surface area contributed by atoms with Crippen molar-refractivity contribution in [3.05, 3.63) is 24.3 Å². The number of para-hydroxylation sites is 2. The summed E-state index contributed by atoms with van der Waals surface area (Å²) in [5.74, 6) is 0.0154. The molecular formula is C13H14N3O. The van der Waals surface area contributed by atoms with Crippen molar-refractivity contribution in [1.29, 1.82) is 5.26 Å². The van der Waals surface area contributed by atoms with Gasteiger partial charge in [-0.3, -0.25) is 10.1 Å². The van der Waals surface area contributed by atoms with Crippen LogP contribution >= 0.6 is 0 Å². The van der Waals surface area contributed by atoms with Crippen molar-refractivity contribution in [1.82, 2.24) is 5.32 Å². The lowest BCUT2D eigenvalue weighted by atomic mass is 10.0. The summed E-state index contributed by atoms with van der Waals surface area (Å²) in [6.07, 6.45) is 1.84. The van der Waals surface area contributed by atoms with Crippen LogP contribution in [0.5, 0.6) is 0 Å². The van der Waals surface area contributed by atoms with Gasteiger partial charge in [0.05, 0.1) is 17.4 Å². The van der Waals surface area contributed by atoms with E-state index in [9.17, 15) is 4.79 Å². The highest BCUT2D eigenvalue weighted by Gasteiger charge is 2.30. The summed E-state index contributed by atoms with van der Waals surface area (Å²) in [6, 6.07) is 9.37. The summed E-state index contributed by atoms with van der Waals surface area (Å²) in [5, 5.41) is 12.9. The molecule has 87 valence electrons. The standard InChI is InChI=1S/C13H14N3O/c1-16-12-8-3-2-6-10(12)15-11(13(16)17)7-4-5-9-14/h2-3,6,8,11H,4-5,7H2,1H3/t11-/m0/s1. The summed E-state index contributed by atoms with van der Waals surface area (Å²) in [5.41, 5.74) is 1.71. The van der Waals surface area contributed by atoms with E-state index in [1.165, 1.54) is 0 Å². The molecule has 0 aliphatic carbocycles. The first-order valence-corrected chi connectivity index (χ1v) is 5.68. The summed E-state index contributed by atoms with van der Waals surface area (Å²) in [7, 11) is 1.77. The Morgan fingerprint density at radius 1 is 1.47 bits per heavy atom. The fraction of sp³-hybridized carbons (Fsp3) is 0.385. The summed E-state index contributed by atoms with van der Waals surface area (Å²) in [6.45, 7) is 0. The maximum Gasteiger partial charge on any atom is 0.251 e. The molecule has 0 aromatic heterocycles. The Hall–Kier alpha value is -2.02. The maximum atomic E-state index is 12.0. The Morgan fingerprint density at radius 3 is 3.00 bits per heavy atom. The van der Waals surface area contributed by atoms with E-state index in [2.05, 4.69) is 11.4 Å². The van der Waals surface area contributed by atoms with E-state index in [1.54, 1.807) is 11.9 Å². The number of carbonyl (C=O) groups is 1. The Balaban J connectivity index is 2.14. The molecule has 1 aliphatic heterocycles. The fourth-order valence-corrected chi connectivity index (χ4v) is 1.98. The summed E-state index contributed by atoms with van der Waals surface area (Å²) in [4.78, 5) is 13.7. The summed E-state index contributed by atoms with van der Waals surface area (Å²) >= 11 is 0. The van der Waals surface area contributed by atoms with Gasteiger partial charge in [-0.05, 0) is 25.0 Å². The number of carbonyl (C=O) groups excluding carboxylic acids is 1. The lowest BCUT2D eigenvalue weighted by molar-refractivity contribution is -0.120. The molecule has 0 saturated heterocycles. The minimum Gasteiger partial charge on any atom is -0.312 e. The number of rotatable bonds is 3. The average Bonchev–Trinajstić information content (AvgIpc) is 2.35. The van der Waals surface area contributed by atoms with Gasteiger partial charge < -0.3 is 4.90 Å². The number of likely N-dealkylation sites (N-methyl/N-ethyl adjacent to an activating group) is 1. The van der Waals surface area contributed by atoms with Crippen LogP contribution in [-0.2, 0) is 4.79 Å². The molecule has 0 bridgehead atoms. The van der Waals surface area contributed by atoms with Crippen molar-refractivity contribution in [2.24, 2.45) is 0 Å². The highest BCUT2D eigenvalue weighted by Crippen LogP contribution is 2.31. The van der Waals surface area contributed by atoms with Gasteiger partial charge in [-0.1, -0.05) is 12.1 Å². The minimum atomic E-state index is -0.330. The molecular weight excluding hydrogens is 214 g/mol. The van der Waals surface area contributed by atoms with Crippen LogP contribution < -0.4 is 10.2 Å². The lowest BCUT2D eigenvalue weighted by Crippen LogP contribution is -2.44. The number of fused-ring (bicyclic) bond motifs is 1. The van der Waals surface area contributed by atoms with Crippen molar-refractivity contribution in [3.8, 4) is 6.07 Å². The van der Waals surface area contributed by atoms with Crippen molar-refractivity contribution in [2.75, 3.05) is 11.9 Å². The van der Waals surface area contributed by atoms with Gasteiger partial charge in [0.2, 0.25) is 0 Å². The molecule has 0 saturated carbocycles. The SMILES string of the molecule is CN1C(=O)[C@H](CCCC#N)[N]c2ccccc21. The van der Waals surface area contributed by atoms with Crippen molar-refractivity contribution in [3.63, 3.8) is 0 Å². The Kier molecular flexibility index (Phi) is 3.29. The van der Waals surface area contributed by atoms with Gasteiger partial charge in [0.15, 0.2) is 0 Å². The van der Waals surface area contributed by atoms with Crippen molar-refractivity contribution >= 4 is 17.3 Å². The highest BCUT2D eigenvalue weighted by atomic mass is 16.2. The van der Waals surface area contributed by atoms with Gasteiger partial charge >= 0.3 is 0 Å². The van der Waals surface area contributed by atoms with Gasteiger partial charge in [0, 0.05) is 13.5 Å². The monoisotopic (exact) mass is 228 g/mol. The van der Waals surface area contributed by atoms with Gasteiger partial charge in [0.25, 0.3) is 5.91 Å². The maximum absolute atomic E-state index is 12.0. The number of amides is 1. The second-order valence-electron chi connectivity index (χ2n) is 4.08. The first kappa shape index (κ1) is 11.5. The molecule has 1 radical (unpaired) electrons. The molecule has 0 unspecified atom stereocenters. The lowest BCUT2D eigenvalue weighted by Gasteiger charge is -2.31. The first-order valence-electron chi connectivity index (χ1n) is 5.68. The van der Waals surface area contributed by atoms with Crippen LogP contribution in [0.2, 0.25) is 0 Å². The molecule has 2 rings (SSSR count). The predicted octanol–water partition coefficient (Wildman–Crippen LogP) is 1.96. The molecule has 1 amide bonds. The second kappa shape index (κ2) is 4.88. The largest absolute Gasteiger partial charge is 0.312 e. The molecule has 4 nitrogen and oxygen atoms in total. The number of nitriles is 1. The molecule has 1 atom stereocenters. The van der Waals surface area contributed by atoms with E-state index in [0.717, 1.165) is 11.4 Å². The van der Waals surface area contributed by atoms with Crippen LogP contribution in [0.25, 0.3) is 0 Å². The van der Waals surface area contributed by atoms with E-state index in [0.29, 0.717) is 19.3 Å². The molecule has 17 heavy (non-hydrogen) atoms. The zero-order chi connectivity index (χ0) is 12.3. The van der Waals surface area contributed by atoms with Crippen LogP contribution in [0.15, 0.2) is 24.3 Å². The molecule has 4 heteroatoms. The number of hydrogen-bond acceptors (Lipinski definition) is 2. The number of nitrogens with zero attached hydrogens (tertiary/aromatic N) is 3. The van der Waals surface area contributed by atoms with Crippen LogP contribution in [-0.4, -0.2) is 19.0 Å². The zero-order valence-corrected chi connectivity index (χ0v) is 9.76. The summed E-state index contributed by atoms with van der Waals surface area (Å²) < 4.78 is 0. The fourth-order valence-electron chi connectivity index (χ4n) is 1.98. The quantitative estimate of drug-likeness (QED) is 0.742. The molecule has 0 N–H and O–H groups in total. The van der Waals surface area contributed by atoms with E-state index < -0.39 is 0 Å². The second-order valence-corrected chi connectivity index (χ2v) is 4.08. The van der Waals surface area contributed by atoms with E-state index in [4.69, 9.17) is 5.26 Å². The number of unbranched alkanes of at least 4 members (excludes halogenated alkanes) is 1. The molecule has 0 fully saturated rings. The zero-order valence-electron chi connectivity index (χ0n) is 9.76. The normalized spacial score (nSPS) is 18.2. The first-order chi connectivity index (χ1) is 8.24. The Bertz CT molecular complexity index is 464. The smallest absolute Gasteiger partial charge is 0.251 e. The van der Waals surface area contributed by atoms with E-state index in [1.807, 2.05) is 24.3 Å². The minimum absolute atomic E-state index is 0.0154. The molecule has 1 heterocycles. The third kappa shape index (κ3) is 2.23. The van der Waals surface area contributed by atoms with Crippen LogP contribution in [0.1, 0.15) is 19.3 Å². The van der Waals surface area contributed by atoms with Crippen molar-refractivity contribution in [2.45, 2.75) is 25.3 Å². The number of anilines is 1. The van der Waals surface area contributed by atoms with Crippen LogP contribution in [0.4, 0.5) is 11.4 Å². The van der Waals surface area contributed by atoms with Gasteiger partial charge in [0.1, 0.15) is 6.04 Å². The van der Waals surface area contributed by atoms with Gasteiger partial charge in [-0.25, -0.2) is 0 Å². The topological polar surface area (TPSA) is 58.2 Å². The highest BCUT2D eigenvalue weighted by molar-refractivity contribution is 6.02. The van der Waals surface area contributed by atoms with Crippen LogP contribution in [0, 0.1) is 11.3 Å². The van der Waals surface area contributed by atoms with Crippen LogP contribution in [0.3, 0.4) is 0 Å². The Labute approximate surface area is 101 Å². The number of benzene rings is 1. The molecule has 0 spiro atoms. The third-order valence-corrected chi connectivity index (χ3v) is 2.92. The molecule has 1 aliphatic rings. The molecule has 1 aromatic carbocycles. The van der Waals surface area contributed by atoms with Gasteiger partial charge in [-0.2, -0.15) is 5.26 Å². The third-order valence-electron chi connectivity index (χ3n) is 2.92. The molecule has 1 aromatic rings. The average molecular weight is 228 g/mol. The van der Waals surface area contributed by atoms with Crippen molar-refractivity contribution < 1.29 is 4.79 Å². The number of hydrogen-bond donors (Lipinski definition) is 0. The van der Waals surface area contributed by atoms with E-state index in [-0.39, 0.29) is 11.9 Å². The predicted molar refractivity (Wildman–Crippen MR) is 64.9 cm³/mol. The van der Waals surface area contributed by atoms with E-state index >= 15 is 0 Å².